The molecule has 1 saturated carbocycles. The molecule has 1 aliphatic heterocycles. The maximum absolute atomic E-state index is 14.4. The van der Waals surface area contributed by atoms with Crippen molar-refractivity contribution in [2.75, 3.05) is 26.2 Å². The van der Waals surface area contributed by atoms with Crippen molar-refractivity contribution in [3.05, 3.63) is 34.6 Å². The highest BCUT2D eigenvalue weighted by Gasteiger charge is 2.34. The van der Waals surface area contributed by atoms with Crippen molar-refractivity contribution in [2.45, 2.75) is 31.7 Å². The Morgan fingerprint density at radius 2 is 1.77 bits per heavy atom. The maximum Gasteiger partial charge on any atom is 0.129 e. The molecule has 1 N–H and O–H groups in total. The molecule has 0 unspecified atom stereocenters. The van der Waals surface area contributed by atoms with Gasteiger partial charge in [0.1, 0.15) is 5.82 Å². The summed E-state index contributed by atoms with van der Waals surface area (Å²) in [5.41, 5.74) is 0.725. The summed E-state index contributed by atoms with van der Waals surface area (Å²) in [5, 5.41) is 3.96. The summed E-state index contributed by atoms with van der Waals surface area (Å²) in [5.74, 6) is 0.399. The van der Waals surface area contributed by atoms with Gasteiger partial charge in [-0.3, -0.25) is 4.90 Å². The number of rotatable bonds is 3. The molecule has 1 heterocycles. The quantitative estimate of drug-likeness (QED) is 0.846. The summed E-state index contributed by atoms with van der Waals surface area (Å²) in [6, 6.07) is 5.22. The minimum absolute atomic E-state index is 0. The lowest BCUT2D eigenvalue weighted by Gasteiger charge is -2.39. The minimum atomic E-state index is -0.145. The molecule has 1 atom stereocenters. The molecule has 6 heteroatoms. The monoisotopic (exact) mass is 368 g/mol. The van der Waals surface area contributed by atoms with Crippen LogP contribution in [0.15, 0.2) is 18.2 Å². The molecule has 0 amide bonds. The number of hydrogen-bond donors (Lipinski definition) is 1. The van der Waals surface area contributed by atoms with Crippen LogP contribution in [-0.2, 0) is 0 Å². The topological polar surface area (TPSA) is 15.3 Å². The van der Waals surface area contributed by atoms with Crippen LogP contribution in [0.25, 0.3) is 0 Å². The average molecular weight is 370 g/mol. The van der Waals surface area contributed by atoms with E-state index in [9.17, 15) is 4.39 Å². The van der Waals surface area contributed by atoms with Crippen molar-refractivity contribution < 1.29 is 4.39 Å². The predicted octanol–water partition coefficient (Wildman–Crippen LogP) is 4.46. The van der Waals surface area contributed by atoms with Gasteiger partial charge in [-0.2, -0.15) is 0 Å². The summed E-state index contributed by atoms with van der Waals surface area (Å²) in [6.07, 6.45) is 4.91. The SMILES string of the molecule is Cl.Cl.Fc1cccc(Cl)c1[C@H](C1CCCC1)N1CCNCC1. The number of nitrogens with one attached hydrogen (secondary N) is 1. The third kappa shape index (κ3) is 4.27. The van der Waals surface area contributed by atoms with E-state index in [-0.39, 0.29) is 36.7 Å². The summed E-state index contributed by atoms with van der Waals surface area (Å²) < 4.78 is 14.4. The summed E-state index contributed by atoms with van der Waals surface area (Å²) in [7, 11) is 0. The van der Waals surface area contributed by atoms with E-state index < -0.39 is 0 Å². The third-order valence-corrected chi connectivity index (χ3v) is 5.02. The van der Waals surface area contributed by atoms with Crippen LogP contribution in [0.2, 0.25) is 5.02 Å². The lowest BCUT2D eigenvalue weighted by Crippen LogP contribution is -2.47. The van der Waals surface area contributed by atoms with Crippen molar-refractivity contribution in [3.63, 3.8) is 0 Å². The Balaban J connectivity index is 0.00000121. The van der Waals surface area contributed by atoms with Crippen LogP contribution in [0.1, 0.15) is 37.3 Å². The zero-order valence-electron chi connectivity index (χ0n) is 12.6. The molecular formula is C16H24Cl3FN2. The van der Waals surface area contributed by atoms with Gasteiger partial charge in [0.05, 0.1) is 0 Å². The van der Waals surface area contributed by atoms with Crippen LogP contribution in [-0.4, -0.2) is 31.1 Å². The van der Waals surface area contributed by atoms with Crippen molar-refractivity contribution in [1.29, 1.82) is 0 Å². The Labute approximate surface area is 149 Å². The third-order valence-electron chi connectivity index (χ3n) is 4.69. The second-order valence-electron chi connectivity index (χ2n) is 5.91. The first-order valence-corrected chi connectivity index (χ1v) is 8.04. The largest absolute Gasteiger partial charge is 0.314 e. The first-order valence-electron chi connectivity index (χ1n) is 7.66. The van der Waals surface area contributed by atoms with Gasteiger partial charge < -0.3 is 5.32 Å². The van der Waals surface area contributed by atoms with Gasteiger partial charge in [-0.1, -0.05) is 30.5 Å². The van der Waals surface area contributed by atoms with Gasteiger partial charge in [-0.15, -0.1) is 24.8 Å². The van der Waals surface area contributed by atoms with Crippen molar-refractivity contribution in [1.82, 2.24) is 10.2 Å². The molecule has 2 fully saturated rings. The van der Waals surface area contributed by atoms with Crippen LogP contribution < -0.4 is 5.32 Å². The molecule has 1 saturated heterocycles. The molecule has 0 radical (unpaired) electrons. The Kier molecular flexibility index (Phi) is 8.44. The van der Waals surface area contributed by atoms with Crippen LogP contribution >= 0.6 is 36.4 Å². The molecule has 1 aromatic rings. The molecule has 3 rings (SSSR count). The van der Waals surface area contributed by atoms with E-state index in [0.717, 1.165) is 31.7 Å². The van der Waals surface area contributed by atoms with Crippen LogP contribution in [0.4, 0.5) is 4.39 Å². The lowest BCUT2D eigenvalue weighted by atomic mass is 9.89. The molecule has 0 bridgehead atoms. The number of halogens is 4. The number of nitrogens with zero attached hydrogens (tertiary/aromatic N) is 1. The van der Waals surface area contributed by atoms with E-state index in [0.29, 0.717) is 10.9 Å². The average Bonchev–Trinajstić information content (AvgIpc) is 2.98. The van der Waals surface area contributed by atoms with E-state index in [1.165, 1.54) is 25.7 Å². The summed E-state index contributed by atoms with van der Waals surface area (Å²) in [6.45, 7) is 3.92. The standard InChI is InChI=1S/C16H22ClFN2.2ClH/c17-13-6-3-7-14(18)15(13)16(12-4-1-2-5-12)20-10-8-19-9-11-20;;/h3,6-7,12,16,19H,1-2,4-5,8-11H2;2*1H/t16-;;/m0../s1. The number of benzene rings is 1. The van der Waals surface area contributed by atoms with Gasteiger partial charge in [0, 0.05) is 42.8 Å². The lowest BCUT2D eigenvalue weighted by molar-refractivity contribution is 0.122. The van der Waals surface area contributed by atoms with Gasteiger partial charge in [-0.25, -0.2) is 4.39 Å². The fraction of sp³-hybridized carbons (Fsp3) is 0.625. The number of hydrogen-bond acceptors (Lipinski definition) is 2. The molecule has 1 aromatic carbocycles. The van der Waals surface area contributed by atoms with E-state index in [1.54, 1.807) is 12.1 Å². The highest BCUT2D eigenvalue weighted by Crippen LogP contribution is 2.42. The smallest absolute Gasteiger partial charge is 0.129 e. The van der Waals surface area contributed by atoms with E-state index in [1.807, 2.05) is 6.07 Å². The van der Waals surface area contributed by atoms with Gasteiger partial charge in [0.25, 0.3) is 0 Å². The fourth-order valence-electron chi connectivity index (χ4n) is 3.74. The Hall–Kier alpha value is -0.0600. The van der Waals surface area contributed by atoms with Crippen molar-refractivity contribution in [2.24, 2.45) is 5.92 Å². The molecule has 0 aromatic heterocycles. The van der Waals surface area contributed by atoms with Gasteiger partial charge >= 0.3 is 0 Å². The second kappa shape index (κ2) is 9.29. The first-order chi connectivity index (χ1) is 9.77. The molecule has 22 heavy (non-hydrogen) atoms. The fourth-order valence-corrected chi connectivity index (χ4v) is 4.02. The van der Waals surface area contributed by atoms with Crippen LogP contribution in [0.3, 0.4) is 0 Å². The highest BCUT2D eigenvalue weighted by molar-refractivity contribution is 6.31. The molecule has 2 nitrogen and oxygen atoms in total. The van der Waals surface area contributed by atoms with E-state index in [4.69, 9.17) is 11.6 Å². The zero-order chi connectivity index (χ0) is 13.9. The Bertz CT molecular complexity index is 440. The van der Waals surface area contributed by atoms with Gasteiger partial charge in [0.2, 0.25) is 0 Å². The van der Waals surface area contributed by atoms with Gasteiger partial charge in [-0.05, 0) is 30.9 Å². The van der Waals surface area contributed by atoms with Crippen LogP contribution in [0, 0.1) is 11.7 Å². The first kappa shape index (κ1) is 20.0. The van der Waals surface area contributed by atoms with E-state index in [2.05, 4.69) is 10.2 Å². The molecular weight excluding hydrogens is 346 g/mol. The second-order valence-corrected chi connectivity index (χ2v) is 6.32. The Morgan fingerprint density at radius 1 is 1.14 bits per heavy atom. The zero-order valence-corrected chi connectivity index (χ0v) is 15.0. The van der Waals surface area contributed by atoms with Gasteiger partial charge in [0.15, 0.2) is 0 Å². The summed E-state index contributed by atoms with van der Waals surface area (Å²) >= 11 is 6.34. The number of piperazine rings is 1. The molecule has 0 spiro atoms. The molecule has 2 aliphatic rings. The highest BCUT2D eigenvalue weighted by atomic mass is 35.5. The molecule has 1 aliphatic carbocycles. The summed E-state index contributed by atoms with van der Waals surface area (Å²) in [4.78, 5) is 2.43. The Morgan fingerprint density at radius 3 is 2.36 bits per heavy atom. The van der Waals surface area contributed by atoms with Crippen molar-refractivity contribution >= 4 is 36.4 Å². The molecule has 126 valence electrons. The maximum atomic E-state index is 14.4. The van der Waals surface area contributed by atoms with Crippen LogP contribution in [0.5, 0.6) is 0 Å². The van der Waals surface area contributed by atoms with E-state index >= 15 is 0 Å². The minimum Gasteiger partial charge on any atom is -0.314 e. The predicted molar refractivity (Wildman–Crippen MR) is 95.0 cm³/mol. The van der Waals surface area contributed by atoms with Crippen molar-refractivity contribution in [3.8, 4) is 0 Å². The normalized spacial score (nSPS) is 21.0.